The minimum atomic E-state index is 0.948. The third-order valence-electron chi connectivity index (χ3n) is 4.24. The highest BCUT2D eigenvalue weighted by Gasteiger charge is 2.17. The molecule has 1 fully saturated rings. The van der Waals surface area contributed by atoms with E-state index in [0.717, 1.165) is 24.9 Å². The fourth-order valence-corrected chi connectivity index (χ4v) is 3.03. The van der Waals surface area contributed by atoms with Gasteiger partial charge in [-0.2, -0.15) is 0 Å². The van der Waals surface area contributed by atoms with Crippen LogP contribution >= 0.6 is 0 Å². The second-order valence-electron chi connectivity index (χ2n) is 5.91. The molecular formula is C16H26N2. The molecule has 2 atom stereocenters. The van der Waals surface area contributed by atoms with Crippen molar-refractivity contribution in [1.82, 2.24) is 10.3 Å². The van der Waals surface area contributed by atoms with Crippen LogP contribution in [0.1, 0.15) is 50.2 Å². The van der Waals surface area contributed by atoms with E-state index in [2.05, 4.69) is 30.2 Å². The number of nitrogens with zero attached hydrogens (tertiary/aromatic N) is 1. The van der Waals surface area contributed by atoms with Gasteiger partial charge >= 0.3 is 0 Å². The largest absolute Gasteiger partial charge is 0.313 e. The van der Waals surface area contributed by atoms with Crippen LogP contribution < -0.4 is 5.32 Å². The maximum atomic E-state index is 4.18. The standard InChI is InChI=1S/C16H26N2/c1-13-4-3-5-15(10-13)7-9-18-12-16-11-17-8-6-14(16)2/h6,8,11,13,15,18H,3-5,7,9-10,12H2,1-2H3. The van der Waals surface area contributed by atoms with E-state index in [0.29, 0.717) is 0 Å². The zero-order chi connectivity index (χ0) is 12.8. The van der Waals surface area contributed by atoms with Gasteiger partial charge < -0.3 is 5.32 Å². The molecule has 2 nitrogen and oxygen atoms in total. The van der Waals surface area contributed by atoms with Crippen LogP contribution in [-0.4, -0.2) is 11.5 Å². The molecule has 1 N–H and O–H groups in total. The molecule has 1 aliphatic carbocycles. The van der Waals surface area contributed by atoms with Crippen LogP contribution in [0.25, 0.3) is 0 Å². The molecule has 1 aromatic heterocycles. The van der Waals surface area contributed by atoms with E-state index in [9.17, 15) is 0 Å². The molecule has 0 bridgehead atoms. The van der Waals surface area contributed by atoms with Crippen molar-refractivity contribution in [2.45, 2.75) is 52.5 Å². The molecule has 0 saturated heterocycles. The molecule has 1 saturated carbocycles. The lowest BCUT2D eigenvalue weighted by Crippen LogP contribution is -2.21. The number of aryl methyl sites for hydroxylation is 1. The van der Waals surface area contributed by atoms with Crippen molar-refractivity contribution in [1.29, 1.82) is 0 Å². The first-order valence-electron chi connectivity index (χ1n) is 7.36. The van der Waals surface area contributed by atoms with Crippen molar-refractivity contribution in [3.8, 4) is 0 Å². The first kappa shape index (κ1) is 13.5. The van der Waals surface area contributed by atoms with Gasteiger partial charge in [0, 0.05) is 18.9 Å². The molecule has 1 aliphatic rings. The minimum Gasteiger partial charge on any atom is -0.313 e. The van der Waals surface area contributed by atoms with Gasteiger partial charge in [-0.05, 0) is 55.3 Å². The first-order valence-corrected chi connectivity index (χ1v) is 7.36. The second kappa shape index (κ2) is 6.89. The molecule has 2 unspecified atom stereocenters. The maximum absolute atomic E-state index is 4.18. The van der Waals surface area contributed by atoms with Crippen molar-refractivity contribution in [2.75, 3.05) is 6.54 Å². The zero-order valence-electron chi connectivity index (χ0n) is 11.8. The van der Waals surface area contributed by atoms with E-state index in [4.69, 9.17) is 0 Å². The van der Waals surface area contributed by atoms with Crippen LogP contribution in [0.3, 0.4) is 0 Å². The summed E-state index contributed by atoms with van der Waals surface area (Å²) in [6, 6.07) is 2.08. The van der Waals surface area contributed by atoms with Gasteiger partial charge in [0.05, 0.1) is 0 Å². The van der Waals surface area contributed by atoms with Crippen LogP contribution in [0.4, 0.5) is 0 Å². The molecule has 0 spiro atoms. The lowest BCUT2D eigenvalue weighted by atomic mass is 9.81. The van der Waals surface area contributed by atoms with E-state index in [1.807, 2.05) is 12.4 Å². The van der Waals surface area contributed by atoms with Crippen molar-refractivity contribution < 1.29 is 0 Å². The molecule has 0 aromatic carbocycles. The molecule has 100 valence electrons. The molecule has 2 heteroatoms. The summed E-state index contributed by atoms with van der Waals surface area (Å²) in [7, 11) is 0. The van der Waals surface area contributed by atoms with Crippen molar-refractivity contribution in [3.63, 3.8) is 0 Å². The number of hydrogen-bond donors (Lipinski definition) is 1. The van der Waals surface area contributed by atoms with E-state index in [-0.39, 0.29) is 0 Å². The summed E-state index contributed by atoms with van der Waals surface area (Å²) in [4.78, 5) is 4.18. The lowest BCUT2D eigenvalue weighted by molar-refractivity contribution is 0.267. The Morgan fingerprint density at radius 1 is 1.39 bits per heavy atom. The summed E-state index contributed by atoms with van der Waals surface area (Å²) in [5.74, 6) is 1.90. The third-order valence-corrected chi connectivity index (χ3v) is 4.24. The van der Waals surface area contributed by atoms with Crippen molar-refractivity contribution in [2.24, 2.45) is 11.8 Å². The van der Waals surface area contributed by atoms with Gasteiger partial charge in [-0.25, -0.2) is 0 Å². The number of aromatic nitrogens is 1. The van der Waals surface area contributed by atoms with Gasteiger partial charge in [0.1, 0.15) is 0 Å². The Morgan fingerprint density at radius 2 is 2.28 bits per heavy atom. The lowest BCUT2D eigenvalue weighted by Gasteiger charge is -2.26. The Balaban J connectivity index is 1.65. The molecule has 0 amide bonds. The molecule has 0 radical (unpaired) electrons. The summed E-state index contributed by atoms with van der Waals surface area (Å²) in [5, 5.41) is 3.56. The number of hydrogen-bond acceptors (Lipinski definition) is 2. The van der Waals surface area contributed by atoms with Gasteiger partial charge in [-0.1, -0.05) is 26.2 Å². The third kappa shape index (κ3) is 4.09. The van der Waals surface area contributed by atoms with Crippen LogP contribution in [0.15, 0.2) is 18.5 Å². The topological polar surface area (TPSA) is 24.9 Å². The van der Waals surface area contributed by atoms with Gasteiger partial charge in [0.15, 0.2) is 0 Å². The molecule has 1 aromatic rings. The number of pyridine rings is 1. The summed E-state index contributed by atoms with van der Waals surface area (Å²) < 4.78 is 0. The average Bonchev–Trinajstić information content (AvgIpc) is 2.37. The molecule has 18 heavy (non-hydrogen) atoms. The fourth-order valence-electron chi connectivity index (χ4n) is 3.03. The molecular weight excluding hydrogens is 220 g/mol. The predicted molar refractivity (Wildman–Crippen MR) is 76.4 cm³/mol. The number of rotatable bonds is 5. The quantitative estimate of drug-likeness (QED) is 0.801. The van der Waals surface area contributed by atoms with Crippen molar-refractivity contribution >= 4 is 0 Å². The Hall–Kier alpha value is -0.890. The summed E-state index contributed by atoms with van der Waals surface area (Å²) in [5.41, 5.74) is 2.67. The van der Waals surface area contributed by atoms with Crippen LogP contribution in [0, 0.1) is 18.8 Å². The normalized spacial score (nSPS) is 24.1. The van der Waals surface area contributed by atoms with Gasteiger partial charge in [0.2, 0.25) is 0 Å². The average molecular weight is 246 g/mol. The highest BCUT2D eigenvalue weighted by molar-refractivity contribution is 5.20. The van der Waals surface area contributed by atoms with E-state index < -0.39 is 0 Å². The maximum Gasteiger partial charge on any atom is 0.0315 e. The second-order valence-corrected chi connectivity index (χ2v) is 5.91. The van der Waals surface area contributed by atoms with E-state index >= 15 is 0 Å². The monoisotopic (exact) mass is 246 g/mol. The smallest absolute Gasteiger partial charge is 0.0315 e. The Bertz CT molecular complexity index is 362. The van der Waals surface area contributed by atoms with Gasteiger partial charge in [0.25, 0.3) is 0 Å². The SMILES string of the molecule is Cc1ccncc1CNCCC1CCCC(C)C1. The molecule has 2 rings (SSSR count). The van der Waals surface area contributed by atoms with E-state index in [1.54, 1.807) is 0 Å². The highest BCUT2D eigenvalue weighted by atomic mass is 14.8. The summed E-state index contributed by atoms with van der Waals surface area (Å²) in [6.07, 6.45) is 10.9. The summed E-state index contributed by atoms with van der Waals surface area (Å²) in [6.45, 7) is 6.66. The van der Waals surface area contributed by atoms with Crippen LogP contribution in [0.5, 0.6) is 0 Å². The first-order chi connectivity index (χ1) is 8.75. The van der Waals surface area contributed by atoms with Crippen LogP contribution in [-0.2, 0) is 6.54 Å². The zero-order valence-corrected chi connectivity index (χ0v) is 11.8. The van der Waals surface area contributed by atoms with Gasteiger partial charge in [-0.3, -0.25) is 4.98 Å². The van der Waals surface area contributed by atoms with Crippen molar-refractivity contribution in [3.05, 3.63) is 29.6 Å². The van der Waals surface area contributed by atoms with Crippen LogP contribution in [0.2, 0.25) is 0 Å². The van der Waals surface area contributed by atoms with E-state index in [1.165, 1.54) is 43.2 Å². The van der Waals surface area contributed by atoms with Gasteiger partial charge in [-0.15, -0.1) is 0 Å². The predicted octanol–water partition coefficient (Wildman–Crippen LogP) is 3.70. The Morgan fingerprint density at radius 3 is 3.06 bits per heavy atom. The Labute approximate surface area is 111 Å². The molecule has 1 heterocycles. The fraction of sp³-hybridized carbons (Fsp3) is 0.688. The minimum absolute atomic E-state index is 0.948. The number of nitrogens with one attached hydrogen (secondary N) is 1. The Kier molecular flexibility index (Phi) is 5.18. The summed E-state index contributed by atoms with van der Waals surface area (Å²) >= 11 is 0. The molecule has 0 aliphatic heterocycles. The highest BCUT2D eigenvalue weighted by Crippen LogP contribution is 2.30.